The Kier molecular flexibility index (Phi) is 4.22. The third-order valence-corrected chi connectivity index (χ3v) is 4.43. The van der Waals surface area contributed by atoms with Crippen LogP contribution in [-0.4, -0.2) is 26.2 Å². The highest BCUT2D eigenvalue weighted by atomic mass is 15.1. The molecule has 1 fully saturated rings. The molecule has 0 aliphatic carbocycles. The number of fused-ring (bicyclic) bond motifs is 1. The highest BCUT2D eigenvalue weighted by Gasteiger charge is 2.17. The van der Waals surface area contributed by atoms with Crippen LogP contribution in [0.4, 0.5) is 5.69 Å². The number of piperidine rings is 1. The van der Waals surface area contributed by atoms with E-state index >= 15 is 0 Å². The SMILES string of the molecule is CCN(CC1CCNCC1)c1cccc2ccccc12. The van der Waals surface area contributed by atoms with Gasteiger partial charge in [-0.2, -0.15) is 0 Å². The molecule has 1 aliphatic rings. The van der Waals surface area contributed by atoms with E-state index in [4.69, 9.17) is 0 Å². The van der Waals surface area contributed by atoms with E-state index in [1.165, 1.54) is 48.9 Å². The zero-order valence-corrected chi connectivity index (χ0v) is 12.3. The highest BCUT2D eigenvalue weighted by Crippen LogP contribution is 2.28. The molecule has 0 spiro atoms. The topological polar surface area (TPSA) is 15.3 Å². The van der Waals surface area contributed by atoms with Crippen LogP contribution in [0.3, 0.4) is 0 Å². The largest absolute Gasteiger partial charge is 0.371 e. The second-order valence-corrected chi connectivity index (χ2v) is 5.73. The smallest absolute Gasteiger partial charge is 0.0445 e. The van der Waals surface area contributed by atoms with Gasteiger partial charge in [0, 0.05) is 24.2 Å². The van der Waals surface area contributed by atoms with Crippen LogP contribution in [0.25, 0.3) is 10.8 Å². The molecule has 0 saturated carbocycles. The fourth-order valence-electron chi connectivity index (χ4n) is 3.26. The maximum Gasteiger partial charge on any atom is 0.0445 e. The second kappa shape index (κ2) is 6.27. The van der Waals surface area contributed by atoms with E-state index in [0.29, 0.717) is 0 Å². The van der Waals surface area contributed by atoms with Crippen LogP contribution in [0.2, 0.25) is 0 Å². The van der Waals surface area contributed by atoms with Crippen LogP contribution in [0.1, 0.15) is 19.8 Å². The Balaban J connectivity index is 1.86. The van der Waals surface area contributed by atoms with Gasteiger partial charge < -0.3 is 10.2 Å². The van der Waals surface area contributed by atoms with Crippen molar-refractivity contribution in [2.24, 2.45) is 5.92 Å². The van der Waals surface area contributed by atoms with Crippen molar-refractivity contribution in [3.05, 3.63) is 42.5 Å². The van der Waals surface area contributed by atoms with Crippen LogP contribution in [0, 0.1) is 5.92 Å². The molecule has 1 aliphatic heterocycles. The van der Waals surface area contributed by atoms with Crippen molar-refractivity contribution in [3.63, 3.8) is 0 Å². The molecule has 0 aromatic heterocycles. The predicted octanol–water partition coefficient (Wildman–Crippen LogP) is 3.67. The molecule has 0 amide bonds. The number of anilines is 1. The summed E-state index contributed by atoms with van der Waals surface area (Å²) in [5.74, 6) is 0.829. The molecule has 0 radical (unpaired) electrons. The van der Waals surface area contributed by atoms with Gasteiger partial charge in [0.05, 0.1) is 0 Å². The van der Waals surface area contributed by atoms with Crippen LogP contribution in [0.5, 0.6) is 0 Å². The van der Waals surface area contributed by atoms with Crippen molar-refractivity contribution >= 4 is 16.5 Å². The zero-order chi connectivity index (χ0) is 13.8. The second-order valence-electron chi connectivity index (χ2n) is 5.73. The molecule has 2 aromatic carbocycles. The molecule has 0 atom stereocenters. The number of hydrogen-bond donors (Lipinski definition) is 1. The fraction of sp³-hybridized carbons (Fsp3) is 0.444. The monoisotopic (exact) mass is 268 g/mol. The number of hydrogen-bond acceptors (Lipinski definition) is 2. The zero-order valence-electron chi connectivity index (χ0n) is 12.3. The lowest BCUT2D eigenvalue weighted by Crippen LogP contribution is -2.36. The summed E-state index contributed by atoms with van der Waals surface area (Å²) in [6, 6.07) is 15.4. The summed E-state index contributed by atoms with van der Waals surface area (Å²) in [6.07, 6.45) is 2.61. The first-order chi connectivity index (χ1) is 9.88. The van der Waals surface area contributed by atoms with Gasteiger partial charge in [0.2, 0.25) is 0 Å². The Morgan fingerprint density at radius 1 is 1.05 bits per heavy atom. The molecule has 20 heavy (non-hydrogen) atoms. The Labute approximate surface area is 121 Å². The number of rotatable bonds is 4. The molecule has 106 valence electrons. The molecular weight excluding hydrogens is 244 g/mol. The minimum absolute atomic E-state index is 0.829. The first kappa shape index (κ1) is 13.4. The molecule has 1 saturated heterocycles. The highest BCUT2D eigenvalue weighted by molar-refractivity contribution is 5.94. The Morgan fingerprint density at radius 2 is 1.80 bits per heavy atom. The molecule has 3 rings (SSSR count). The Bertz CT molecular complexity index is 553. The van der Waals surface area contributed by atoms with Crippen molar-refractivity contribution in [1.82, 2.24) is 5.32 Å². The van der Waals surface area contributed by atoms with E-state index in [1.54, 1.807) is 0 Å². The van der Waals surface area contributed by atoms with Gasteiger partial charge in [-0.1, -0.05) is 36.4 Å². The normalized spacial score (nSPS) is 16.4. The van der Waals surface area contributed by atoms with E-state index in [2.05, 4.69) is 59.6 Å². The molecule has 2 aromatic rings. The lowest BCUT2D eigenvalue weighted by molar-refractivity contribution is 0.375. The minimum atomic E-state index is 0.829. The van der Waals surface area contributed by atoms with E-state index < -0.39 is 0 Å². The van der Waals surface area contributed by atoms with Gasteiger partial charge in [-0.15, -0.1) is 0 Å². The third-order valence-electron chi connectivity index (χ3n) is 4.43. The summed E-state index contributed by atoms with van der Waals surface area (Å²) < 4.78 is 0. The van der Waals surface area contributed by atoms with Crippen LogP contribution in [0.15, 0.2) is 42.5 Å². The first-order valence-electron chi connectivity index (χ1n) is 7.82. The standard InChI is InChI=1S/C18H24N2/c1-2-20(14-15-10-12-19-13-11-15)18-9-5-7-16-6-3-4-8-17(16)18/h3-9,15,19H,2,10-14H2,1H3. The molecule has 1 heterocycles. The van der Waals surface area contributed by atoms with Crippen LogP contribution < -0.4 is 10.2 Å². The van der Waals surface area contributed by atoms with Crippen LogP contribution >= 0.6 is 0 Å². The lowest BCUT2D eigenvalue weighted by atomic mass is 9.97. The Morgan fingerprint density at radius 3 is 2.60 bits per heavy atom. The quantitative estimate of drug-likeness (QED) is 0.910. The summed E-state index contributed by atoms with van der Waals surface area (Å²) in [7, 11) is 0. The molecular formula is C18H24N2. The maximum absolute atomic E-state index is 3.46. The molecule has 1 N–H and O–H groups in total. The average Bonchev–Trinajstić information content (AvgIpc) is 2.53. The van der Waals surface area contributed by atoms with Gasteiger partial charge in [0.1, 0.15) is 0 Å². The summed E-state index contributed by atoms with van der Waals surface area (Å²) in [5.41, 5.74) is 1.39. The maximum atomic E-state index is 3.46. The first-order valence-corrected chi connectivity index (χ1v) is 7.82. The van der Waals surface area contributed by atoms with Crippen molar-refractivity contribution in [3.8, 4) is 0 Å². The van der Waals surface area contributed by atoms with E-state index in [9.17, 15) is 0 Å². The van der Waals surface area contributed by atoms with E-state index in [1.807, 2.05) is 0 Å². The van der Waals surface area contributed by atoms with Crippen LogP contribution in [-0.2, 0) is 0 Å². The number of nitrogens with zero attached hydrogens (tertiary/aromatic N) is 1. The fourth-order valence-corrected chi connectivity index (χ4v) is 3.26. The summed E-state index contributed by atoms with van der Waals surface area (Å²) in [5, 5.41) is 6.18. The van der Waals surface area contributed by atoms with Gasteiger partial charge in [0.15, 0.2) is 0 Å². The lowest BCUT2D eigenvalue weighted by Gasteiger charge is -2.31. The molecule has 2 nitrogen and oxygen atoms in total. The number of nitrogens with one attached hydrogen (secondary N) is 1. The van der Waals surface area contributed by atoms with E-state index in [0.717, 1.165) is 12.5 Å². The van der Waals surface area contributed by atoms with Crippen molar-refractivity contribution < 1.29 is 0 Å². The van der Waals surface area contributed by atoms with Gasteiger partial charge in [-0.05, 0) is 50.2 Å². The van der Waals surface area contributed by atoms with Gasteiger partial charge in [-0.3, -0.25) is 0 Å². The average molecular weight is 268 g/mol. The van der Waals surface area contributed by atoms with Crippen molar-refractivity contribution in [2.75, 3.05) is 31.1 Å². The van der Waals surface area contributed by atoms with Crippen molar-refractivity contribution in [2.45, 2.75) is 19.8 Å². The predicted molar refractivity (Wildman–Crippen MR) is 87.4 cm³/mol. The number of benzene rings is 2. The summed E-state index contributed by atoms with van der Waals surface area (Å²) in [6.45, 7) is 6.89. The minimum Gasteiger partial charge on any atom is -0.371 e. The molecule has 2 heteroatoms. The van der Waals surface area contributed by atoms with Gasteiger partial charge in [-0.25, -0.2) is 0 Å². The van der Waals surface area contributed by atoms with Gasteiger partial charge in [0.25, 0.3) is 0 Å². The van der Waals surface area contributed by atoms with Gasteiger partial charge >= 0.3 is 0 Å². The summed E-state index contributed by atoms with van der Waals surface area (Å²) >= 11 is 0. The van der Waals surface area contributed by atoms with E-state index in [-0.39, 0.29) is 0 Å². The molecule has 0 bridgehead atoms. The Hall–Kier alpha value is -1.54. The van der Waals surface area contributed by atoms with Crippen molar-refractivity contribution in [1.29, 1.82) is 0 Å². The summed E-state index contributed by atoms with van der Waals surface area (Å²) in [4.78, 5) is 2.55. The third kappa shape index (κ3) is 2.80. The molecule has 0 unspecified atom stereocenters.